The molecule has 0 aromatic carbocycles. The quantitative estimate of drug-likeness (QED) is 0.373. The highest BCUT2D eigenvalue weighted by Crippen LogP contribution is 2.36. The second-order valence-electron chi connectivity index (χ2n) is 9.89. The van der Waals surface area contributed by atoms with E-state index in [4.69, 9.17) is 14.7 Å². The number of anilines is 1. The first-order valence-electron chi connectivity index (χ1n) is 11.0. The van der Waals surface area contributed by atoms with Gasteiger partial charge in [0.05, 0.1) is 11.0 Å². The molecule has 5 rings (SSSR count). The van der Waals surface area contributed by atoms with E-state index in [1.807, 2.05) is 55.0 Å². The lowest BCUT2D eigenvalue weighted by Crippen LogP contribution is -2.38. The van der Waals surface area contributed by atoms with E-state index in [0.717, 1.165) is 47.8 Å². The molecule has 0 amide bonds. The zero-order valence-electron chi connectivity index (χ0n) is 18.9. The average Bonchev–Trinajstić information content (AvgIpc) is 3.34. The summed E-state index contributed by atoms with van der Waals surface area (Å²) < 4.78 is 8.01. The largest absolute Gasteiger partial charge is 0.498 e. The summed E-state index contributed by atoms with van der Waals surface area (Å²) in [7, 11) is 6.02. The minimum atomic E-state index is -0.580. The summed E-state index contributed by atoms with van der Waals surface area (Å²) in [5.74, 6) is 1.06. The van der Waals surface area contributed by atoms with Crippen molar-refractivity contribution in [2.45, 2.75) is 49.5 Å². The predicted octanol–water partition coefficient (Wildman–Crippen LogP) is -0.338. The molecule has 1 aliphatic carbocycles. The number of hydrogen-bond acceptors (Lipinski definition) is 7. The number of rotatable bonds is 5. The van der Waals surface area contributed by atoms with E-state index in [1.165, 1.54) is 6.33 Å². The predicted molar refractivity (Wildman–Crippen MR) is 131 cm³/mol. The molecular weight excluding hydrogens is 403 g/mol. The highest BCUT2D eigenvalue weighted by Gasteiger charge is 2.29. The van der Waals surface area contributed by atoms with Crippen LogP contribution in [0.5, 0.6) is 5.88 Å². The van der Waals surface area contributed by atoms with Gasteiger partial charge in [-0.1, -0.05) is 0 Å². The first kappa shape index (κ1) is 20.9. The Hall–Kier alpha value is -3.01. The molecule has 12 heteroatoms. The number of aromatic amines is 1. The zero-order valence-corrected chi connectivity index (χ0v) is 18.9. The number of ether oxygens (including phenoxy) is 1. The van der Waals surface area contributed by atoms with E-state index in [9.17, 15) is 5.11 Å². The Morgan fingerprint density at radius 1 is 1.28 bits per heavy atom. The van der Waals surface area contributed by atoms with Crippen LogP contribution >= 0.6 is 0 Å². The standard InChI is InChI=1S/C20H26B3N7O2/c1-19(31)5-2-12(3-6-19)27-18-28-16-15(17(29-18)32-20(21,22)23)13(9-24-16)11-4-7-30-14(8-11)25-10-26-30/h4,7-10,12,31H,2-3,5-6,21-23H2,1H3,(H2,24,27,28,29)/t12-,19+. The van der Waals surface area contributed by atoms with Gasteiger partial charge in [-0.2, -0.15) is 15.1 Å². The molecule has 0 atom stereocenters. The monoisotopic (exact) mass is 429 g/mol. The van der Waals surface area contributed by atoms with Gasteiger partial charge in [-0.3, -0.25) is 0 Å². The van der Waals surface area contributed by atoms with Crippen molar-refractivity contribution in [2.75, 3.05) is 5.32 Å². The number of pyridine rings is 1. The van der Waals surface area contributed by atoms with Gasteiger partial charge in [0, 0.05) is 29.3 Å². The second kappa shape index (κ2) is 7.55. The van der Waals surface area contributed by atoms with Gasteiger partial charge >= 0.3 is 0 Å². The van der Waals surface area contributed by atoms with Gasteiger partial charge in [-0.25, -0.2) is 9.50 Å². The van der Waals surface area contributed by atoms with Gasteiger partial charge in [-0.15, -0.1) is 0 Å². The molecule has 4 aromatic heterocycles. The Morgan fingerprint density at radius 2 is 2.06 bits per heavy atom. The molecule has 0 unspecified atom stereocenters. The van der Waals surface area contributed by atoms with Crippen LogP contribution in [-0.2, 0) is 0 Å². The number of hydrogen-bond donors (Lipinski definition) is 3. The Labute approximate surface area is 188 Å². The van der Waals surface area contributed by atoms with Crippen LogP contribution in [-0.4, -0.2) is 75.1 Å². The molecule has 3 N–H and O–H groups in total. The summed E-state index contributed by atoms with van der Waals surface area (Å²) >= 11 is 0. The van der Waals surface area contributed by atoms with Gasteiger partial charge in [-0.05, 0) is 50.3 Å². The van der Waals surface area contributed by atoms with E-state index < -0.39 is 10.9 Å². The lowest BCUT2D eigenvalue weighted by Gasteiger charge is -2.33. The second-order valence-corrected chi connectivity index (χ2v) is 9.89. The Balaban J connectivity index is 1.54. The van der Waals surface area contributed by atoms with Crippen LogP contribution < -0.4 is 10.1 Å². The van der Waals surface area contributed by atoms with E-state index in [-0.39, 0.29) is 6.04 Å². The number of H-pyrrole nitrogens is 1. The van der Waals surface area contributed by atoms with Gasteiger partial charge in [0.1, 0.15) is 35.5 Å². The zero-order chi connectivity index (χ0) is 22.5. The molecule has 1 saturated carbocycles. The SMILES string of the molecule is BC(B)(B)Oc1nc(N[C@H]2CC[C@@](C)(O)CC2)nc2[nH]cc(-c3ccn4ncnc4c3)c12. The number of nitrogens with one attached hydrogen (secondary N) is 2. The fourth-order valence-corrected chi connectivity index (χ4v) is 4.21. The topological polar surface area (TPSA) is 113 Å². The van der Waals surface area contributed by atoms with Crippen molar-refractivity contribution >= 4 is 46.2 Å². The smallest absolute Gasteiger partial charge is 0.228 e. The molecule has 162 valence electrons. The lowest BCUT2D eigenvalue weighted by molar-refractivity contribution is 0.0195. The maximum absolute atomic E-state index is 10.2. The van der Waals surface area contributed by atoms with Gasteiger partial charge in [0.2, 0.25) is 11.8 Å². The number of aliphatic hydroxyl groups is 1. The van der Waals surface area contributed by atoms with Crippen LogP contribution in [0.25, 0.3) is 27.8 Å². The van der Waals surface area contributed by atoms with Gasteiger partial charge in [0.25, 0.3) is 0 Å². The van der Waals surface area contributed by atoms with Gasteiger partial charge in [0.15, 0.2) is 5.65 Å². The van der Waals surface area contributed by atoms with E-state index in [1.54, 1.807) is 4.52 Å². The highest BCUT2D eigenvalue weighted by molar-refractivity contribution is 6.58. The summed E-state index contributed by atoms with van der Waals surface area (Å²) in [5, 5.41) is 18.3. The Kier molecular flexibility index (Phi) is 4.92. The van der Waals surface area contributed by atoms with Crippen molar-refractivity contribution in [3.05, 3.63) is 30.9 Å². The summed E-state index contributed by atoms with van der Waals surface area (Å²) in [6.07, 6.45) is 8.62. The first-order valence-corrected chi connectivity index (χ1v) is 11.0. The van der Waals surface area contributed by atoms with Gasteiger partial charge < -0.3 is 20.1 Å². The lowest BCUT2D eigenvalue weighted by atomic mass is 9.52. The molecule has 0 spiro atoms. The summed E-state index contributed by atoms with van der Waals surface area (Å²) in [4.78, 5) is 17.1. The van der Waals surface area contributed by atoms with Crippen LogP contribution in [0.3, 0.4) is 0 Å². The molecule has 4 aromatic rings. The highest BCUT2D eigenvalue weighted by atomic mass is 16.5. The minimum absolute atomic E-state index is 0.222. The molecule has 0 aliphatic heterocycles. The maximum atomic E-state index is 10.2. The van der Waals surface area contributed by atoms with Crippen molar-refractivity contribution in [3.63, 3.8) is 0 Å². The third-order valence-corrected chi connectivity index (χ3v) is 5.89. The van der Waals surface area contributed by atoms with Crippen LogP contribution in [0, 0.1) is 0 Å². The third kappa shape index (κ3) is 4.19. The first-order chi connectivity index (χ1) is 15.2. The molecular formula is C20H26B3N7O2. The number of fused-ring (bicyclic) bond motifs is 2. The number of nitrogens with zero attached hydrogens (tertiary/aromatic N) is 5. The van der Waals surface area contributed by atoms with Crippen molar-refractivity contribution < 1.29 is 9.84 Å². The van der Waals surface area contributed by atoms with Crippen molar-refractivity contribution in [2.24, 2.45) is 0 Å². The van der Waals surface area contributed by atoms with E-state index in [0.29, 0.717) is 17.5 Å². The Bertz CT molecular complexity index is 1270. The van der Waals surface area contributed by atoms with Crippen LogP contribution in [0.2, 0.25) is 0 Å². The van der Waals surface area contributed by atoms with Crippen molar-refractivity contribution in [1.82, 2.24) is 29.5 Å². The summed E-state index contributed by atoms with van der Waals surface area (Å²) in [6, 6.07) is 4.20. The molecule has 1 fully saturated rings. The summed E-state index contributed by atoms with van der Waals surface area (Å²) in [5.41, 5.74) is 2.83. The Morgan fingerprint density at radius 3 is 2.81 bits per heavy atom. The molecule has 0 radical (unpaired) electrons. The van der Waals surface area contributed by atoms with E-state index >= 15 is 0 Å². The average molecular weight is 429 g/mol. The maximum Gasteiger partial charge on any atom is 0.228 e. The van der Waals surface area contributed by atoms with Crippen molar-refractivity contribution in [3.8, 4) is 17.0 Å². The van der Waals surface area contributed by atoms with Crippen LogP contribution in [0.1, 0.15) is 32.6 Å². The normalized spacial score (nSPS) is 21.8. The fraction of sp³-hybridized carbons (Fsp3) is 0.400. The van der Waals surface area contributed by atoms with E-state index in [2.05, 4.69) is 20.4 Å². The van der Waals surface area contributed by atoms with Crippen LogP contribution in [0.4, 0.5) is 5.95 Å². The fourth-order valence-electron chi connectivity index (χ4n) is 4.21. The van der Waals surface area contributed by atoms with Crippen molar-refractivity contribution in [1.29, 1.82) is 0 Å². The minimum Gasteiger partial charge on any atom is -0.498 e. The molecule has 1 aliphatic rings. The molecule has 4 heterocycles. The van der Waals surface area contributed by atoms with Crippen LogP contribution in [0.15, 0.2) is 30.9 Å². The molecule has 9 nitrogen and oxygen atoms in total. The third-order valence-electron chi connectivity index (χ3n) is 5.89. The molecule has 0 saturated heterocycles. The molecule has 32 heavy (non-hydrogen) atoms. The number of aromatic nitrogens is 6. The molecule has 0 bridgehead atoms. The summed E-state index contributed by atoms with van der Waals surface area (Å²) in [6.45, 7) is 1.90.